The smallest absolute Gasteiger partial charge is 0.248 e. The molecule has 0 bridgehead atoms. The van der Waals surface area contributed by atoms with Gasteiger partial charge in [-0.1, -0.05) is 52.3 Å². The first-order valence-electron chi connectivity index (χ1n) is 17.3. The number of benzene rings is 2. The van der Waals surface area contributed by atoms with E-state index < -0.39 is 0 Å². The Morgan fingerprint density at radius 1 is 0.870 bits per heavy atom. The van der Waals surface area contributed by atoms with Gasteiger partial charge in [-0.05, 0) is 91.1 Å². The summed E-state index contributed by atoms with van der Waals surface area (Å²) in [6.07, 6.45) is 3.64. The van der Waals surface area contributed by atoms with Crippen molar-refractivity contribution in [2.24, 2.45) is 0 Å². The third-order valence-electron chi connectivity index (χ3n) is 9.03. The number of amides is 1. The van der Waals surface area contributed by atoms with Crippen LogP contribution < -0.4 is 11.1 Å². The maximum Gasteiger partial charge on any atom is 0.248 e. The van der Waals surface area contributed by atoms with E-state index in [0.717, 1.165) is 102 Å². The van der Waals surface area contributed by atoms with Crippen molar-refractivity contribution in [3.63, 3.8) is 0 Å². The molecule has 2 aliphatic heterocycles. The molecule has 8 nitrogen and oxygen atoms in total. The predicted octanol–water partition coefficient (Wildman–Crippen LogP) is 11.4. The maximum absolute atomic E-state index is 12.0. The van der Waals surface area contributed by atoms with E-state index >= 15 is 0 Å². The van der Waals surface area contributed by atoms with E-state index in [4.69, 9.17) is 38.9 Å². The quantitative estimate of drug-likeness (QED) is 0.0889. The lowest BCUT2D eigenvalue weighted by atomic mass is 10.0. The van der Waals surface area contributed by atoms with Crippen LogP contribution in [0.4, 0.5) is 10.0 Å². The number of fused-ring (bicyclic) bond motifs is 4. The molecule has 8 rings (SSSR count). The average molecular weight is 970 g/mol. The van der Waals surface area contributed by atoms with Crippen LogP contribution >= 0.6 is 100 Å². The molecule has 3 N–H and O–H groups in total. The summed E-state index contributed by atoms with van der Waals surface area (Å²) in [5, 5.41) is 6.47. The second-order valence-electron chi connectivity index (χ2n) is 12.4. The Hall–Kier alpha value is -2.24. The predicted molar refractivity (Wildman–Crippen MR) is 240 cm³/mol. The molecule has 6 aromatic rings. The van der Waals surface area contributed by atoms with Crippen LogP contribution in [0, 0.1) is 0 Å². The van der Waals surface area contributed by atoms with Gasteiger partial charge in [0, 0.05) is 68.3 Å². The standard InChI is InChI=1S/C19H18BrN3OS2.C16H16BrN3S2.C3H4Cl2O/c1-3-16(24)22-19-17(12-7-8-23(4-2)10-15(12)26-19)18-21-13-9-11(20)5-6-14(13)25-18;1-2-20-6-5-10-13(8-20)21-15(18)14(10)16-19-11-7-9(17)3-4-12(11)22-16;4-2-1-3(5)6/h3,5-6,9H,1,4,7-8,10H2,2H3,(H,22,24);3-4,7H,2,5-6,8,18H2,1H3;1-2H2. The van der Waals surface area contributed by atoms with Crippen LogP contribution in [0.3, 0.4) is 0 Å². The fraction of sp³-hybridized carbons (Fsp3) is 0.316. The van der Waals surface area contributed by atoms with Gasteiger partial charge in [0.25, 0.3) is 0 Å². The van der Waals surface area contributed by atoms with Crippen molar-refractivity contribution in [2.45, 2.75) is 46.2 Å². The second-order valence-corrected chi connectivity index (χ2v) is 19.4. The van der Waals surface area contributed by atoms with Gasteiger partial charge in [-0.25, -0.2) is 9.97 Å². The first-order valence-corrected chi connectivity index (χ1v) is 23.1. The monoisotopic (exact) mass is 966 g/mol. The molecule has 0 aliphatic carbocycles. The van der Waals surface area contributed by atoms with E-state index in [2.05, 4.69) is 91.7 Å². The van der Waals surface area contributed by atoms with Gasteiger partial charge in [0.1, 0.15) is 15.0 Å². The van der Waals surface area contributed by atoms with E-state index in [0.29, 0.717) is 5.88 Å². The number of nitrogens with zero attached hydrogens (tertiary/aromatic N) is 4. The van der Waals surface area contributed by atoms with E-state index in [9.17, 15) is 9.59 Å². The molecule has 0 unspecified atom stereocenters. The third kappa shape index (κ3) is 9.64. The summed E-state index contributed by atoms with van der Waals surface area (Å²) in [5.41, 5.74) is 13.4. The minimum absolute atomic E-state index is 0.180. The minimum atomic E-state index is -0.370. The Morgan fingerprint density at radius 3 is 1.87 bits per heavy atom. The van der Waals surface area contributed by atoms with E-state index in [1.54, 1.807) is 45.3 Å². The lowest BCUT2D eigenvalue weighted by Gasteiger charge is -2.25. The van der Waals surface area contributed by atoms with Crippen LogP contribution in [0.2, 0.25) is 0 Å². The summed E-state index contributed by atoms with van der Waals surface area (Å²) < 4.78 is 4.45. The highest BCUT2D eigenvalue weighted by atomic mass is 79.9. The van der Waals surface area contributed by atoms with Gasteiger partial charge in [0.05, 0.1) is 25.4 Å². The van der Waals surface area contributed by atoms with E-state index in [1.165, 1.54) is 37.2 Å². The molecule has 0 radical (unpaired) electrons. The van der Waals surface area contributed by atoms with Crippen molar-refractivity contribution in [1.82, 2.24) is 19.8 Å². The highest BCUT2D eigenvalue weighted by Crippen LogP contribution is 2.46. The maximum atomic E-state index is 12.0. The zero-order valence-electron chi connectivity index (χ0n) is 29.6. The van der Waals surface area contributed by atoms with Gasteiger partial charge < -0.3 is 11.1 Å². The van der Waals surface area contributed by atoms with Crippen LogP contribution in [-0.4, -0.2) is 63.0 Å². The molecule has 16 heteroatoms. The van der Waals surface area contributed by atoms with Crippen LogP contribution in [0.1, 0.15) is 41.1 Å². The Balaban J connectivity index is 0.000000162. The summed E-state index contributed by atoms with van der Waals surface area (Å²) in [7, 11) is 0. The number of aromatic nitrogens is 2. The molecule has 0 atom stereocenters. The number of nitrogens with two attached hydrogens (primary N) is 1. The highest BCUT2D eigenvalue weighted by molar-refractivity contribution is 9.10. The summed E-state index contributed by atoms with van der Waals surface area (Å²) >= 11 is 23.8. The molecule has 6 heterocycles. The van der Waals surface area contributed by atoms with Crippen LogP contribution in [-0.2, 0) is 35.5 Å². The molecule has 2 aromatic carbocycles. The number of hydrogen-bond donors (Lipinski definition) is 2. The van der Waals surface area contributed by atoms with E-state index in [-0.39, 0.29) is 17.6 Å². The molecule has 284 valence electrons. The molecule has 0 saturated carbocycles. The fourth-order valence-electron chi connectivity index (χ4n) is 6.27. The van der Waals surface area contributed by atoms with Gasteiger partial charge in [-0.3, -0.25) is 19.4 Å². The molecular weight excluding hydrogens is 931 g/mol. The number of nitrogens with one attached hydrogen (secondary N) is 1. The van der Waals surface area contributed by atoms with Gasteiger partial charge in [0.15, 0.2) is 0 Å². The van der Waals surface area contributed by atoms with Crippen LogP contribution in [0.5, 0.6) is 0 Å². The van der Waals surface area contributed by atoms with Crippen LogP contribution in [0.15, 0.2) is 58.0 Å². The Bertz CT molecular complexity index is 2320. The normalized spacial score (nSPS) is 14.1. The summed E-state index contributed by atoms with van der Waals surface area (Å²) in [6.45, 7) is 14.2. The summed E-state index contributed by atoms with van der Waals surface area (Å²) in [5.74, 6) is 0.142. The summed E-state index contributed by atoms with van der Waals surface area (Å²) in [6, 6.07) is 12.4. The number of carbonyl (C=O) groups is 2. The lowest BCUT2D eigenvalue weighted by molar-refractivity contribution is -0.112. The molecule has 0 spiro atoms. The number of nitrogen functional groups attached to an aromatic ring is 1. The molecule has 54 heavy (non-hydrogen) atoms. The molecule has 0 fully saturated rings. The van der Waals surface area contributed by atoms with Crippen molar-refractivity contribution in [3.8, 4) is 21.1 Å². The Morgan fingerprint density at radius 2 is 1.39 bits per heavy atom. The average Bonchev–Trinajstić information content (AvgIpc) is 3.92. The number of carbonyl (C=O) groups excluding carboxylic acids is 2. The third-order valence-corrected chi connectivity index (χ3v) is 14.7. The zero-order valence-corrected chi connectivity index (χ0v) is 37.6. The SMILES string of the molecule is C=CC(=O)Nc1sc2c(c1-c1nc3cc(Br)ccc3s1)CCN(CC)C2.CCN1CCc2c(sc(N)c2-c2nc3cc(Br)ccc3s2)C1.O=C(Cl)CCCl. The largest absolute Gasteiger partial charge is 0.390 e. The number of alkyl halides is 1. The zero-order chi connectivity index (χ0) is 38.5. The Kier molecular flexibility index (Phi) is 14.4. The molecular formula is C38H38Br2Cl2N6O2S4. The first kappa shape index (κ1) is 41.4. The first-order chi connectivity index (χ1) is 26.0. The fourth-order valence-corrected chi connectivity index (χ4v) is 12.0. The highest BCUT2D eigenvalue weighted by Gasteiger charge is 2.28. The van der Waals surface area contributed by atoms with Crippen molar-refractivity contribution < 1.29 is 9.59 Å². The summed E-state index contributed by atoms with van der Waals surface area (Å²) in [4.78, 5) is 39.0. The molecule has 4 aromatic heterocycles. The number of likely N-dealkylation sites (N-methyl/N-ethyl adjacent to an activating group) is 2. The number of halogens is 4. The minimum Gasteiger partial charge on any atom is -0.390 e. The molecule has 2 aliphatic rings. The topological polar surface area (TPSA) is 104 Å². The van der Waals surface area contributed by atoms with Crippen molar-refractivity contribution >= 4 is 142 Å². The van der Waals surface area contributed by atoms with Crippen molar-refractivity contribution in [1.29, 1.82) is 0 Å². The van der Waals surface area contributed by atoms with E-state index in [1.807, 2.05) is 12.1 Å². The van der Waals surface area contributed by atoms with Gasteiger partial charge in [0.2, 0.25) is 11.1 Å². The number of anilines is 2. The molecule has 1 amide bonds. The van der Waals surface area contributed by atoms with Gasteiger partial charge in [-0.15, -0.1) is 56.9 Å². The van der Waals surface area contributed by atoms with Crippen molar-refractivity contribution in [3.05, 3.63) is 78.9 Å². The number of rotatable bonds is 8. The van der Waals surface area contributed by atoms with Crippen molar-refractivity contribution in [2.75, 3.05) is 43.1 Å². The van der Waals surface area contributed by atoms with Gasteiger partial charge >= 0.3 is 0 Å². The van der Waals surface area contributed by atoms with Gasteiger partial charge in [-0.2, -0.15) is 0 Å². The molecule has 0 saturated heterocycles. The lowest BCUT2D eigenvalue weighted by Crippen LogP contribution is -2.29. The van der Waals surface area contributed by atoms with Crippen LogP contribution in [0.25, 0.3) is 41.6 Å². The Labute approximate surface area is 357 Å². The second kappa shape index (κ2) is 18.8. The number of thiazole rings is 2. The number of hydrogen-bond acceptors (Lipinski definition) is 11. The number of thiophene rings is 2.